The van der Waals surface area contributed by atoms with Crippen LogP contribution in [0.3, 0.4) is 0 Å². The van der Waals surface area contributed by atoms with Gasteiger partial charge < -0.3 is 9.47 Å². The summed E-state index contributed by atoms with van der Waals surface area (Å²) in [6.45, 7) is 8.52. The monoisotopic (exact) mass is 444 g/mol. The molecule has 32 heavy (non-hydrogen) atoms. The number of fused-ring (bicyclic) bond motifs is 5. The lowest BCUT2D eigenvalue weighted by Gasteiger charge is -2.60. The Bertz CT molecular complexity index is 815. The van der Waals surface area contributed by atoms with Gasteiger partial charge >= 0.3 is 11.9 Å². The summed E-state index contributed by atoms with van der Waals surface area (Å²) >= 11 is 0. The number of ketones is 1. The van der Waals surface area contributed by atoms with E-state index in [2.05, 4.69) is 20.8 Å². The minimum Gasteiger partial charge on any atom is -0.469 e. The summed E-state index contributed by atoms with van der Waals surface area (Å²) in [5.74, 6) is 2.32. The number of hydrogen-bond donors (Lipinski definition) is 0. The minimum absolute atomic E-state index is 0.0468. The molecule has 5 heteroatoms. The van der Waals surface area contributed by atoms with E-state index in [1.54, 1.807) is 0 Å². The average molecular weight is 445 g/mol. The molecule has 0 unspecified atom stereocenters. The van der Waals surface area contributed by atoms with Crippen molar-refractivity contribution >= 4 is 17.7 Å². The van der Waals surface area contributed by atoms with E-state index < -0.39 is 0 Å². The second-order valence-electron chi connectivity index (χ2n) is 11.4. The Labute approximate surface area is 192 Å². The Morgan fingerprint density at radius 3 is 2.59 bits per heavy atom. The highest BCUT2D eigenvalue weighted by Gasteiger charge is 2.64. The Morgan fingerprint density at radius 1 is 1.16 bits per heavy atom. The molecule has 0 saturated heterocycles. The molecule has 4 rings (SSSR count). The van der Waals surface area contributed by atoms with Gasteiger partial charge in [0.15, 0.2) is 5.78 Å². The normalized spacial score (nSPS) is 41.6. The van der Waals surface area contributed by atoms with Crippen molar-refractivity contribution in [1.82, 2.24) is 0 Å². The summed E-state index contributed by atoms with van der Waals surface area (Å²) in [7, 11) is 1.45. The van der Waals surface area contributed by atoms with Crippen molar-refractivity contribution in [3.8, 4) is 0 Å². The van der Waals surface area contributed by atoms with E-state index in [9.17, 15) is 14.4 Å². The minimum atomic E-state index is -0.197. The Morgan fingerprint density at radius 2 is 1.91 bits per heavy atom. The summed E-state index contributed by atoms with van der Waals surface area (Å²) in [5.41, 5.74) is 1.32. The lowest BCUT2D eigenvalue weighted by atomic mass is 9.45. The van der Waals surface area contributed by atoms with E-state index in [-0.39, 0.29) is 34.7 Å². The quantitative estimate of drug-likeness (QED) is 0.541. The first-order valence-electron chi connectivity index (χ1n) is 12.6. The van der Waals surface area contributed by atoms with Gasteiger partial charge in [-0.3, -0.25) is 14.4 Å². The van der Waals surface area contributed by atoms with Gasteiger partial charge in [0.2, 0.25) is 0 Å². The lowest BCUT2D eigenvalue weighted by molar-refractivity contribution is -0.181. The highest BCUT2D eigenvalue weighted by molar-refractivity contribution is 5.91. The molecule has 3 saturated carbocycles. The van der Waals surface area contributed by atoms with Crippen LogP contribution in [-0.4, -0.2) is 30.9 Å². The predicted molar refractivity (Wildman–Crippen MR) is 122 cm³/mol. The third-order valence-corrected chi connectivity index (χ3v) is 10.1. The molecule has 0 bridgehead atoms. The second kappa shape index (κ2) is 8.61. The SMILES string of the molecule is COC(=O)CC[C@@H](C)[C@@H]1CC[C@@H]2[C@H]3CCC4=CC(=O)CC[C@]4(C)[C@@H]3C[C@@H](OC(C)=O)[C@]21C. The summed E-state index contributed by atoms with van der Waals surface area (Å²) < 4.78 is 11.0. The first kappa shape index (κ1) is 23.5. The predicted octanol–water partition coefficient (Wildman–Crippen LogP) is 5.27. The van der Waals surface area contributed by atoms with Crippen LogP contribution in [0, 0.1) is 40.4 Å². The van der Waals surface area contributed by atoms with Gasteiger partial charge in [-0.25, -0.2) is 0 Å². The van der Waals surface area contributed by atoms with Gasteiger partial charge in [0.25, 0.3) is 0 Å². The van der Waals surface area contributed by atoms with Gasteiger partial charge in [-0.05, 0) is 86.0 Å². The molecule has 0 spiro atoms. The number of esters is 2. The number of methoxy groups -OCH3 is 1. The third kappa shape index (κ3) is 3.74. The molecule has 3 fully saturated rings. The maximum atomic E-state index is 12.2. The van der Waals surface area contributed by atoms with Crippen molar-refractivity contribution in [3.63, 3.8) is 0 Å². The van der Waals surface area contributed by atoms with E-state index in [0.29, 0.717) is 42.4 Å². The molecule has 8 atom stereocenters. The first-order chi connectivity index (χ1) is 15.1. The Hall–Kier alpha value is -1.65. The van der Waals surface area contributed by atoms with Crippen LogP contribution >= 0.6 is 0 Å². The molecule has 0 heterocycles. The van der Waals surface area contributed by atoms with E-state index in [1.807, 2.05) is 6.08 Å². The van der Waals surface area contributed by atoms with Crippen LogP contribution in [0.4, 0.5) is 0 Å². The number of allylic oxidation sites excluding steroid dienone is 1. The molecule has 0 amide bonds. The van der Waals surface area contributed by atoms with Gasteiger partial charge in [-0.15, -0.1) is 0 Å². The second-order valence-corrected chi connectivity index (χ2v) is 11.4. The molecule has 0 N–H and O–H groups in total. The zero-order chi connectivity index (χ0) is 23.3. The maximum absolute atomic E-state index is 12.2. The molecule has 0 aliphatic heterocycles. The smallest absolute Gasteiger partial charge is 0.305 e. The van der Waals surface area contributed by atoms with E-state index in [1.165, 1.54) is 19.6 Å². The van der Waals surface area contributed by atoms with Gasteiger partial charge in [0, 0.05) is 25.2 Å². The Balaban J connectivity index is 1.65. The fraction of sp³-hybridized carbons (Fsp3) is 0.815. The maximum Gasteiger partial charge on any atom is 0.305 e. The van der Waals surface area contributed by atoms with Gasteiger partial charge in [0.1, 0.15) is 6.10 Å². The summed E-state index contributed by atoms with van der Waals surface area (Å²) in [4.78, 5) is 36.1. The van der Waals surface area contributed by atoms with E-state index in [0.717, 1.165) is 44.9 Å². The third-order valence-electron chi connectivity index (χ3n) is 10.1. The van der Waals surface area contributed by atoms with Crippen molar-refractivity contribution in [1.29, 1.82) is 0 Å². The molecule has 0 aromatic carbocycles. The van der Waals surface area contributed by atoms with Crippen LogP contribution in [0.2, 0.25) is 0 Å². The number of rotatable bonds is 5. The topological polar surface area (TPSA) is 69.7 Å². The van der Waals surface area contributed by atoms with Crippen molar-refractivity contribution in [3.05, 3.63) is 11.6 Å². The molecule has 178 valence electrons. The average Bonchev–Trinajstić information content (AvgIpc) is 3.11. The molecular weight excluding hydrogens is 404 g/mol. The van der Waals surface area contributed by atoms with Crippen LogP contribution in [0.5, 0.6) is 0 Å². The Kier molecular flexibility index (Phi) is 6.32. The van der Waals surface area contributed by atoms with Crippen LogP contribution in [0.1, 0.15) is 85.5 Å². The molecule has 0 aromatic rings. The van der Waals surface area contributed by atoms with Crippen LogP contribution in [0.25, 0.3) is 0 Å². The van der Waals surface area contributed by atoms with Gasteiger partial charge in [-0.2, -0.15) is 0 Å². The molecule has 0 radical (unpaired) electrons. The fourth-order valence-corrected chi connectivity index (χ4v) is 8.48. The van der Waals surface area contributed by atoms with Gasteiger partial charge in [0.05, 0.1) is 7.11 Å². The number of carbonyl (C=O) groups is 3. The van der Waals surface area contributed by atoms with Crippen LogP contribution in [0.15, 0.2) is 11.6 Å². The molecule has 5 nitrogen and oxygen atoms in total. The van der Waals surface area contributed by atoms with Crippen molar-refractivity contribution < 1.29 is 23.9 Å². The number of ether oxygens (including phenoxy) is 2. The standard InChI is InChI=1S/C27H40O5/c1-16(6-11-25(30)31-5)21-9-10-22-20-8-7-18-14-19(29)12-13-26(18,3)23(20)15-24(27(21,22)4)32-17(2)28/h14,16,20-24H,6-13,15H2,1-5H3/t16-,20-,21+,22-,23-,24-,26+,27+/m1/s1. The zero-order valence-electron chi connectivity index (χ0n) is 20.4. The van der Waals surface area contributed by atoms with Crippen molar-refractivity contribution in [2.75, 3.05) is 7.11 Å². The molecule has 4 aliphatic rings. The number of hydrogen-bond acceptors (Lipinski definition) is 5. The molecular formula is C27H40O5. The van der Waals surface area contributed by atoms with E-state index in [4.69, 9.17) is 9.47 Å². The zero-order valence-corrected chi connectivity index (χ0v) is 20.4. The van der Waals surface area contributed by atoms with Gasteiger partial charge in [-0.1, -0.05) is 26.3 Å². The summed E-state index contributed by atoms with van der Waals surface area (Å²) in [6, 6.07) is 0. The summed E-state index contributed by atoms with van der Waals surface area (Å²) in [5, 5.41) is 0. The fourth-order valence-electron chi connectivity index (χ4n) is 8.48. The van der Waals surface area contributed by atoms with Crippen molar-refractivity contribution in [2.24, 2.45) is 40.4 Å². The highest BCUT2D eigenvalue weighted by atomic mass is 16.5. The van der Waals surface area contributed by atoms with Crippen LogP contribution < -0.4 is 0 Å². The van der Waals surface area contributed by atoms with E-state index >= 15 is 0 Å². The summed E-state index contributed by atoms with van der Waals surface area (Å²) in [6.07, 6.45) is 9.98. The molecule has 4 aliphatic carbocycles. The largest absolute Gasteiger partial charge is 0.469 e. The van der Waals surface area contributed by atoms with Crippen LogP contribution in [-0.2, 0) is 23.9 Å². The first-order valence-corrected chi connectivity index (χ1v) is 12.6. The number of carbonyl (C=O) groups excluding carboxylic acids is 3. The van der Waals surface area contributed by atoms with Crippen molar-refractivity contribution in [2.45, 2.75) is 91.6 Å². The molecule has 0 aromatic heterocycles. The lowest BCUT2D eigenvalue weighted by Crippen LogP contribution is -2.57. The highest BCUT2D eigenvalue weighted by Crippen LogP contribution is 2.68.